The number of amides is 1. The third-order valence-corrected chi connectivity index (χ3v) is 3.75. The molecule has 0 aromatic heterocycles. The molecule has 1 unspecified atom stereocenters. The van der Waals surface area contributed by atoms with E-state index < -0.39 is 12.0 Å². The third-order valence-electron chi connectivity index (χ3n) is 3.75. The maximum Gasteiger partial charge on any atom is 0.325 e. The van der Waals surface area contributed by atoms with Gasteiger partial charge in [0.15, 0.2) is 0 Å². The summed E-state index contributed by atoms with van der Waals surface area (Å²) in [7, 11) is 0. The van der Waals surface area contributed by atoms with Crippen LogP contribution in [0.5, 0.6) is 0 Å². The van der Waals surface area contributed by atoms with Crippen molar-refractivity contribution in [3.05, 3.63) is 35.4 Å². The number of rotatable bonds is 3. The number of carbonyl (C=O) groups is 2. The number of hydrogen-bond acceptors (Lipinski definition) is 3. The van der Waals surface area contributed by atoms with Crippen molar-refractivity contribution in [1.82, 2.24) is 9.80 Å². The molecule has 1 atom stereocenters. The molecule has 1 amide bonds. The fourth-order valence-corrected chi connectivity index (χ4v) is 2.55. The summed E-state index contributed by atoms with van der Waals surface area (Å²) in [6, 6.07) is 6.95. The predicted octanol–water partition coefficient (Wildman–Crippen LogP) is 1.28. The maximum absolute atomic E-state index is 11.6. The predicted molar refractivity (Wildman–Crippen MR) is 75.4 cm³/mol. The number of carbonyl (C=O) groups excluding carboxylic acids is 1. The number of benzene rings is 1. The van der Waals surface area contributed by atoms with Gasteiger partial charge in [-0.1, -0.05) is 29.8 Å². The van der Waals surface area contributed by atoms with Crippen LogP contribution in [-0.4, -0.2) is 53.0 Å². The molecule has 1 aromatic carbocycles. The van der Waals surface area contributed by atoms with Crippen LogP contribution in [0.1, 0.15) is 24.1 Å². The largest absolute Gasteiger partial charge is 0.480 e. The van der Waals surface area contributed by atoms with Crippen molar-refractivity contribution in [3.63, 3.8) is 0 Å². The summed E-state index contributed by atoms with van der Waals surface area (Å²) in [6.07, 6.45) is 0. The van der Waals surface area contributed by atoms with Crippen LogP contribution in [0.15, 0.2) is 24.3 Å². The number of carboxylic acid groups (broad SMARTS) is 1. The monoisotopic (exact) mass is 276 g/mol. The van der Waals surface area contributed by atoms with Gasteiger partial charge in [0.1, 0.15) is 6.04 Å². The Morgan fingerprint density at radius 3 is 2.10 bits per heavy atom. The minimum absolute atomic E-state index is 0.0480. The Labute approximate surface area is 118 Å². The van der Waals surface area contributed by atoms with Crippen LogP contribution >= 0.6 is 0 Å². The Hall–Kier alpha value is -1.88. The van der Waals surface area contributed by atoms with Crippen molar-refractivity contribution in [2.75, 3.05) is 26.2 Å². The van der Waals surface area contributed by atoms with Gasteiger partial charge >= 0.3 is 5.97 Å². The van der Waals surface area contributed by atoms with E-state index in [-0.39, 0.29) is 5.91 Å². The smallest absolute Gasteiger partial charge is 0.325 e. The van der Waals surface area contributed by atoms with E-state index in [0.29, 0.717) is 26.2 Å². The molecule has 0 saturated carbocycles. The summed E-state index contributed by atoms with van der Waals surface area (Å²) in [6.45, 7) is 5.88. The molecule has 5 nitrogen and oxygen atoms in total. The normalized spacial score (nSPS) is 17.8. The molecule has 5 heteroatoms. The van der Waals surface area contributed by atoms with E-state index in [1.165, 1.54) is 0 Å². The Balaban J connectivity index is 2.12. The molecule has 1 heterocycles. The first-order valence-corrected chi connectivity index (χ1v) is 6.78. The Morgan fingerprint density at radius 1 is 1.10 bits per heavy atom. The van der Waals surface area contributed by atoms with Gasteiger partial charge in [0, 0.05) is 33.1 Å². The highest BCUT2D eigenvalue weighted by molar-refractivity contribution is 5.76. The van der Waals surface area contributed by atoms with Gasteiger partial charge in [-0.15, -0.1) is 0 Å². The number of hydrogen-bond donors (Lipinski definition) is 1. The zero-order valence-electron chi connectivity index (χ0n) is 11.9. The van der Waals surface area contributed by atoms with Gasteiger partial charge in [0.2, 0.25) is 5.91 Å². The summed E-state index contributed by atoms with van der Waals surface area (Å²) in [5, 5.41) is 9.50. The van der Waals surface area contributed by atoms with Crippen molar-refractivity contribution in [1.29, 1.82) is 0 Å². The number of carboxylic acids is 1. The molecule has 2 rings (SSSR count). The molecule has 1 N–H and O–H groups in total. The van der Waals surface area contributed by atoms with E-state index >= 15 is 0 Å². The van der Waals surface area contributed by atoms with E-state index in [9.17, 15) is 14.7 Å². The molecule has 1 aromatic rings. The first-order chi connectivity index (χ1) is 9.49. The second-order valence-corrected chi connectivity index (χ2v) is 5.19. The van der Waals surface area contributed by atoms with E-state index in [1.54, 1.807) is 11.8 Å². The van der Waals surface area contributed by atoms with E-state index in [2.05, 4.69) is 0 Å². The van der Waals surface area contributed by atoms with Gasteiger partial charge in [-0.05, 0) is 12.5 Å². The second kappa shape index (κ2) is 6.05. The topological polar surface area (TPSA) is 60.9 Å². The molecular weight excluding hydrogens is 256 g/mol. The van der Waals surface area contributed by atoms with Crippen LogP contribution in [0.25, 0.3) is 0 Å². The molecule has 0 spiro atoms. The van der Waals surface area contributed by atoms with Crippen LogP contribution < -0.4 is 0 Å². The molecule has 20 heavy (non-hydrogen) atoms. The minimum atomic E-state index is -0.842. The number of aliphatic carboxylic acids is 1. The summed E-state index contributed by atoms with van der Waals surface area (Å²) < 4.78 is 0. The van der Waals surface area contributed by atoms with Gasteiger partial charge in [0.25, 0.3) is 0 Å². The zero-order chi connectivity index (χ0) is 14.7. The SMILES string of the molecule is CC(=O)N1CCN(C(C(=O)O)c2ccc(C)cc2)CC1. The highest BCUT2D eigenvalue weighted by atomic mass is 16.4. The fraction of sp³-hybridized carbons (Fsp3) is 0.467. The molecule has 0 bridgehead atoms. The van der Waals surface area contributed by atoms with Crippen molar-refractivity contribution < 1.29 is 14.7 Å². The van der Waals surface area contributed by atoms with Gasteiger partial charge in [-0.3, -0.25) is 14.5 Å². The summed E-state index contributed by atoms with van der Waals surface area (Å²) in [5.74, 6) is -0.794. The molecule has 1 aliphatic heterocycles. The molecule has 1 saturated heterocycles. The highest BCUT2D eigenvalue weighted by Gasteiger charge is 2.30. The number of aryl methyl sites for hydroxylation is 1. The zero-order valence-corrected chi connectivity index (χ0v) is 11.9. The van der Waals surface area contributed by atoms with Crippen LogP contribution in [0.2, 0.25) is 0 Å². The van der Waals surface area contributed by atoms with Gasteiger partial charge < -0.3 is 10.0 Å². The highest BCUT2D eigenvalue weighted by Crippen LogP contribution is 2.23. The minimum Gasteiger partial charge on any atom is -0.480 e. The first-order valence-electron chi connectivity index (χ1n) is 6.78. The van der Waals surface area contributed by atoms with E-state index in [1.807, 2.05) is 36.1 Å². The van der Waals surface area contributed by atoms with Gasteiger partial charge in [-0.2, -0.15) is 0 Å². The lowest BCUT2D eigenvalue weighted by atomic mass is 10.0. The summed E-state index contributed by atoms with van der Waals surface area (Å²) >= 11 is 0. The van der Waals surface area contributed by atoms with Crippen LogP contribution in [-0.2, 0) is 9.59 Å². The van der Waals surface area contributed by atoms with Crippen LogP contribution in [0.3, 0.4) is 0 Å². The molecule has 1 aliphatic rings. The number of piperazine rings is 1. The standard InChI is InChI=1S/C15H20N2O3/c1-11-3-5-13(6-4-11)14(15(19)20)17-9-7-16(8-10-17)12(2)18/h3-6,14H,7-10H2,1-2H3,(H,19,20). The van der Waals surface area contributed by atoms with Crippen LogP contribution in [0.4, 0.5) is 0 Å². The summed E-state index contributed by atoms with van der Waals surface area (Å²) in [4.78, 5) is 26.6. The van der Waals surface area contributed by atoms with Gasteiger partial charge in [0.05, 0.1) is 0 Å². The lowest BCUT2D eigenvalue weighted by molar-refractivity contribution is -0.145. The molecule has 108 valence electrons. The molecule has 1 fully saturated rings. The first kappa shape index (κ1) is 14.5. The van der Waals surface area contributed by atoms with E-state index in [4.69, 9.17) is 0 Å². The van der Waals surface area contributed by atoms with Crippen LogP contribution in [0, 0.1) is 6.92 Å². The Morgan fingerprint density at radius 2 is 1.65 bits per heavy atom. The van der Waals surface area contributed by atoms with Crippen molar-refractivity contribution in [2.24, 2.45) is 0 Å². The third kappa shape index (κ3) is 3.17. The van der Waals surface area contributed by atoms with Gasteiger partial charge in [-0.25, -0.2) is 0 Å². The molecule has 0 aliphatic carbocycles. The van der Waals surface area contributed by atoms with E-state index in [0.717, 1.165) is 11.1 Å². The average molecular weight is 276 g/mol. The lowest BCUT2D eigenvalue weighted by Crippen LogP contribution is -2.50. The molecular formula is C15H20N2O3. The molecule has 0 radical (unpaired) electrons. The quantitative estimate of drug-likeness (QED) is 0.903. The average Bonchev–Trinajstić information content (AvgIpc) is 2.41. The number of nitrogens with zero attached hydrogens (tertiary/aromatic N) is 2. The Kier molecular flexibility index (Phi) is 4.39. The summed E-state index contributed by atoms with van der Waals surface area (Å²) in [5.41, 5.74) is 1.90. The lowest BCUT2D eigenvalue weighted by Gasteiger charge is -2.37. The second-order valence-electron chi connectivity index (χ2n) is 5.19. The maximum atomic E-state index is 11.6. The van der Waals surface area contributed by atoms with Crippen molar-refractivity contribution >= 4 is 11.9 Å². The van der Waals surface area contributed by atoms with Crippen molar-refractivity contribution in [2.45, 2.75) is 19.9 Å². The van der Waals surface area contributed by atoms with Crippen molar-refractivity contribution in [3.8, 4) is 0 Å². The Bertz CT molecular complexity index is 490. The fourth-order valence-electron chi connectivity index (χ4n) is 2.55.